The van der Waals surface area contributed by atoms with Gasteiger partial charge in [-0.15, -0.1) is 0 Å². The molecule has 8 heteroatoms. The predicted octanol–water partition coefficient (Wildman–Crippen LogP) is 0.224. The molecule has 1 aromatic heterocycles. The van der Waals surface area contributed by atoms with Crippen molar-refractivity contribution in [3.63, 3.8) is 0 Å². The van der Waals surface area contributed by atoms with E-state index < -0.39 is 4.92 Å². The predicted molar refractivity (Wildman–Crippen MR) is 54.5 cm³/mol. The second-order valence-corrected chi connectivity index (χ2v) is 3.72. The van der Waals surface area contributed by atoms with Crippen LogP contribution in [0.2, 0.25) is 0 Å². The van der Waals surface area contributed by atoms with Crippen molar-refractivity contribution in [2.75, 3.05) is 20.0 Å². The van der Waals surface area contributed by atoms with Gasteiger partial charge in [-0.25, -0.2) is 4.57 Å². The van der Waals surface area contributed by atoms with Gasteiger partial charge < -0.3 is 19.6 Å². The van der Waals surface area contributed by atoms with Gasteiger partial charge in [0.1, 0.15) is 13.0 Å². The molecular formula is C9H11N3O5. The fourth-order valence-corrected chi connectivity index (χ4v) is 1.68. The minimum atomic E-state index is -0.614. The van der Waals surface area contributed by atoms with Crippen LogP contribution in [0.5, 0.6) is 0 Å². The fourth-order valence-electron chi connectivity index (χ4n) is 1.68. The SMILES string of the molecule is O=Cc1cn(CC2COCOC2)c([N+](=O)[O-])n1. The van der Waals surface area contributed by atoms with Gasteiger partial charge in [0.05, 0.1) is 19.8 Å². The maximum atomic E-state index is 10.7. The number of hydrogen-bond donors (Lipinski definition) is 0. The molecule has 1 fully saturated rings. The highest BCUT2D eigenvalue weighted by molar-refractivity contribution is 5.71. The molecule has 0 atom stereocenters. The first-order valence-electron chi connectivity index (χ1n) is 5.03. The van der Waals surface area contributed by atoms with E-state index in [1.165, 1.54) is 10.8 Å². The average Bonchev–Trinajstić information content (AvgIpc) is 2.74. The second-order valence-electron chi connectivity index (χ2n) is 3.72. The molecule has 92 valence electrons. The molecule has 0 N–H and O–H groups in total. The standard InChI is InChI=1S/C9H11N3O5/c13-3-8-2-11(9(10-8)12(14)15)1-7-4-16-6-17-5-7/h2-3,7H,1,4-6H2. The van der Waals surface area contributed by atoms with Gasteiger partial charge in [0.2, 0.25) is 5.69 Å². The van der Waals surface area contributed by atoms with Crippen molar-refractivity contribution in [1.29, 1.82) is 0 Å². The van der Waals surface area contributed by atoms with Gasteiger partial charge in [-0.05, 0) is 4.92 Å². The van der Waals surface area contributed by atoms with E-state index in [2.05, 4.69) is 4.98 Å². The van der Waals surface area contributed by atoms with Crippen molar-refractivity contribution in [3.8, 4) is 0 Å². The third kappa shape index (κ3) is 2.66. The van der Waals surface area contributed by atoms with Crippen LogP contribution in [0.25, 0.3) is 0 Å². The largest absolute Gasteiger partial charge is 0.435 e. The Morgan fingerprint density at radius 2 is 2.29 bits per heavy atom. The lowest BCUT2D eigenvalue weighted by Crippen LogP contribution is -2.28. The minimum Gasteiger partial charge on any atom is -0.390 e. The summed E-state index contributed by atoms with van der Waals surface area (Å²) in [7, 11) is 0. The molecule has 2 heterocycles. The molecule has 8 nitrogen and oxygen atoms in total. The molecule has 0 aliphatic carbocycles. The van der Waals surface area contributed by atoms with Crippen LogP contribution in [0.3, 0.4) is 0 Å². The first-order chi connectivity index (χ1) is 8.20. The van der Waals surface area contributed by atoms with Crippen LogP contribution in [-0.4, -0.2) is 40.8 Å². The van der Waals surface area contributed by atoms with Gasteiger partial charge in [-0.2, -0.15) is 0 Å². The van der Waals surface area contributed by atoms with E-state index in [4.69, 9.17) is 9.47 Å². The van der Waals surface area contributed by atoms with Crippen LogP contribution >= 0.6 is 0 Å². The van der Waals surface area contributed by atoms with Gasteiger partial charge in [-0.1, -0.05) is 4.98 Å². The number of ether oxygens (including phenoxy) is 2. The number of nitro groups is 1. The van der Waals surface area contributed by atoms with Crippen LogP contribution in [0.1, 0.15) is 10.5 Å². The monoisotopic (exact) mass is 241 g/mol. The highest BCUT2D eigenvalue weighted by Gasteiger charge is 2.24. The quantitative estimate of drug-likeness (QED) is 0.425. The molecule has 1 aliphatic rings. The molecule has 1 aromatic rings. The molecule has 0 bridgehead atoms. The smallest absolute Gasteiger partial charge is 0.390 e. The number of carbonyl (C=O) groups is 1. The summed E-state index contributed by atoms with van der Waals surface area (Å²) in [4.78, 5) is 24.3. The maximum absolute atomic E-state index is 10.7. The Labute approximate surface area is 96.3 Å². The number of nitrogens with zero attached hydrogens (tertiary/aromatic N) is 3. The summed E-state index contributed by atoms with van der Waals surface area (Å²) in [5.74, 6) is -0.311. The Morgan fingerprint density at radius 3 is 2.88 bits per heavy atom. The Hall–Kier alpha value is -1.80. The molecule has 1 saturated heterocycles. The topological polar surface area (TPSA) is 96.5 Å². The van der Waals surface area contributed by atoms with E-state index in [0.29, 0.717) is 26.0 Å². The van der Waals surface area contributed by atoms with Gasteiger partial charge in [0, 0.05) is 5.92 Å². The normalized spacial score (nSPS) is 16.9. The Kier molecular flexibility index (Phi) is 3.45. The highest BCUT2D eigenvalue weighted by atomic mass is 16.7. The summed E-state index contributed by atoms with van der Waals surface area (Å²) in [6.07, 6.45) is 1.84. The van der Waals surface area contributed by atoms with Gasteiger partial charge in [0.15, 0.2) is 6.29 Å². The molecule has 0 amide bonds. The van der Waals surface area contributed by atoms with E-state index >= 15 is 0 Å². The van der Waals surface area contributed by atoms with Crippen LogP contribution in [0.15, 0.2) is 6.20 Å². The van der Waals surface area contributed by atoms with Gasteiger partial charge in [-0.3, -0.25) is 4.79 Å². The van der Waals surface area contributed by atoms with Gasteiger partial charge in [0.25, 0.3) is 0 Å². The lowest BCUT2D eigenvalue weighted by atomic mass is 10.1. The molecule has 0 radical (unpaired) electrons. The zero-order valence-corrected chi connectivity index (χ0v) is 8.94. The average molecular weight is 241 g/mol. The summed E-state index contributed by atoms with van der Waals surface area (Å²) in [6.45, 7) is 1.55. The summed E-state index contributed by atoms with van der Waals surface area (Å²) < 4.78 is 11.5. The molecule has 0 unspecified atom stereocenters. The third-order valence-electron chi connectivity index (χ3n) is 2.39. The zero-order valence-electron chi connectivity index (χ0n) is 8.94. The summed E-state index contributed by atoms with van der Waals surface area (Å²) in [5, 5.41) is 10.7. The first kappa shape index (κ1) is 11.7. The van der Waals surface area contributed by atoms with E-state index in [-0.39, 0.29) is 24.4 Å². The van der Waals surface area contributed by atoms with Crippen molar-refractivity contribution >= 4 is 12.2 Å². The van der Waals surface area contributed by atoms with Crippen molar-refractivity contribution < 1.29 is 19.2 Å². The minimum absolute atomic E-state index is 0.0242. The van der Waals surface area contributed by atoms with Crippen molar-refractivity contribution in [1.82, 2.24) is 9.55 Å². The highest BCUT2D eigenvalue weighted by Crippen LogP contribution is 2.15. The van der Waals surface area contributed by atoms with Crippen molar-refractivity contribution in [2.45, 2.75) is 6.54 Å². The number of rotatable bonds is 4. The van der Waals surface area contributed by atoms with Crippen molar-refractivity contribution in [3.05, 3.63) is 22.0 Å². The van der Waals surface area contributed by atoms with E-state index in [0.717, 1.165) is 0 Å². The summed E-state index contributed by atoms with van der Waals surface area (Å²) in [5.41, 5.74) is 0.0503. The molecule has 17 heavy (non-hydrogen) atoms. The lowest BCUT2D eigenvalue weighted by Gasteiger charge is -2.21. The molecule has 2 rings (SSSR count). The number of aromatic nitrogens is 2. The van der Waals surface area contributed by atoms with E-state index in [9.17, 15) is 14.9 Å². The summed E-state index contributed by atoms with van der Waals surface area (Å²) >= 11 is 0. The van der Waals surface area contributed by atoms with Gasteiger partial charge >= 0.3 is 5.95 Å². The van der Waals surface area contributed by atoms with Crippen molar-refractivity contribution in [2.24, 2.45) is 5.92 Å². The van der Waals surface area contributed by atoms with Crippen LogP contribution in [0.4, 0.5) is 5.95 Å². The number of hydrogen-bond acceptors (Lipinski definition) is 6. The number of carbonyl (C=O) groups excluding carboxylic acids is 1. The van der Waals surface area contributed by atoms with Crippen LogP contribution < -0.4 is 0 Å². The lowest BCUT2D eigenvalue weighted by molar-refractivity contribution is -0.397. The number of aldehydes is 1. The molecule has 1 aliphatic heterocycles. The maximum Gasteiger partial charge on any atom is 0.435 e. The first-order valence-corrected chi connectivity index (χ1v) is 5.03. The molecule has 0 aromatic carbocycles. The van der Waals surface area contributed by atoms with E-state index in [1.54, 1.807) is 0 Å². The Bertz CT molecular complexity index is 424. The second kappa shape index (κ2) is 5.02. The number of imidazole rings is 1. The molecule has 0 saturated carbocycles. The molecular weight excluding hydrogens is 230 g/mol. The zero-order chi connectivity index (χ0) is 12.3. The molecule has 0 spiro atoms. The van der Waals surface area contributed by atoms with Crippen LogP contribution in [-0.2, 0) is 16.0 Å². The Balaban J connectivity index is 2.15. The van der Waals surface area contributed by atoms with Crippen LogP contribution in [0, 0.1) is 16.0 Å². The Morgan fingerprint density at radius 1 is 1.59 bits per heavy atom. The summed E-state index contributed by atoms with van der Waals surface area (Å²) in [6, 6.07) is 0. The fraction of sp³-hybridized carbons (Fsp3) is 0.556. The third-order valence-corrected chi connectivity index (χ3v) is 2.39. The van der Waals surface area contributed by atoms with E-state index in [1.807, 2.05) is 0 Å².